The van der Waals surface area contributed by atoms with Crippen molar-refractivity contribution in [1.29, 1.82) is 0 Å². The van der Waals surface area contributed by atoms with Gasteiger partial charge in [0, 0.05) is 30.4 Å². The first kappa shape index (κ1) is 18.6. The molecule has 0 bridgehead atoms. The molecule has 2 aromatic heterocycles. The molecule has 0 radical (unpaired) electrons. The van der Waals surface area contributed by atoms with Crippen LogP contribution in [0.1, 0.15) is 39.8 Å². The van der Waals surface area contributed by atoms with Crippen LogP contribution in [0.5, 0.6) is 0 Å². The number of piperidine rings is 1. The smallest absolute Gasteiger partial charge is 0.294 e. The first-order valence-corrected chi connectivity index (χ1v) is 10.7. The molecule has 1 aromatic carbocycles. The molecule has 150 valence electrons. The molecule has 0 spiro atoms. The molecule has 4 heterocycles. The molecule has 0 saturated carbocycles. The number of carbonyl (C=O) groups is 1. The molecule has 2 aliphatic rings. The van der Waals surface area contributed by atoms with Gasteiger partial charge < -0.3 is 14.2 Å². The minimum Gasteiger partial charge on any atom is -0.454 e. The Morgan fingerprint density at radius 1 is 1.31 bits per heavy atom. The molecule has 2 aliphatic heterocycles. The minimum absolute atomic E-state index is 0.0555. The number of aromatic nitrogens is 2. The average molecular weight is 455 g/mol. The molecule has 3 aromatic rings. The molecule has 1 fully saturated rings. The number of rotatable bonds is 3. The fraction of sp³-hybridized carbons (Fsp3) is 0.364. The zero-order chi connectivity index (χ0) is 20.1. The molecule has 5 rings (SSSR count). The number of anilines is 1. The Morgan fingerprint density at radius 2 is 2.17 bits per heavy atom. The van der Waals surface area contributed by atoms with Crippen LogP contribution in [-0.2, 0) is 6.54 Å². The van der Waals surface area contributed by atoms with Crippen molar-refractivity contribution in [3.63, 3.8) is 0 Å². The largest absolute Gasteiger partial charge is 0.454 e. The number of amides is 1. The van der Waals surface area contributed by atoms with E-state index in [4.69, 9.17) is 4.42 Å². The van der Waals surface area contributed by atoms with E-state index in [1.54, 1.807) is 16.9 Å². The van der Waals surface area contributed by atoms with Gasteiger partial charge in [-0.2, -0.15) is 5.10 Å². The molecule has 2 atom stereocenters. The molecule has 0 N–H and O–H groups in total. The summed E-state index contributed by atoms with van der Waals surface area (Å²) < 4.78 is 8.62. The molecular weight excluding hydrogens is 432 g/mol. The van der Waals surface area contributed by atoms with Gasteiger partial charge in [-0.3, -0.25) is 9.48 Å². The second kappa shape index (κ2) is 7.15. The van der Waals surface area contributed by atoms with Crippen molar-refractivity contribution in [2.45, 2.75) is 31.8 Å². The Bertz CT molecular complexity index is 1070. The summed E-state index contributed by atoms with van der Waals surface area (Å²) >= 11 is 3.40. The molecule has 6 nitrogen and oxygen atoms in total. The van der Waals surface area contributed by atoms with Crippen LogP contribution in [0.4, 0.5) is 5.69 Å². The third-order valence-electron chi connectivity index (χ3n) is 5.96. The number of carbonyl (C=O) groups excluding carboxylic acids is 1. The maximum atomic E-state index is 13.5. The number of hydrogen-bond donors (Lipinski definition) is 0. The highest BCUT2D eigenvalue weighted by molar-refractivity contribution is 9.10. The summed E-state index contributed by atoms with van der Waals surface area (Å²) in [6.45, 7) is 4.57. The normalized spacial score (nSPS) is 21.3. The van der Waals surface area contributed by atoms with Crippen molar-refractivity contribution in [3.8, 4) is 0 Å². The first-order valence-electron chi connectivity index (χ1n) is 9.89. The summed E-state index contributed by atoms with van der Waals surface area (Å²) in [5, 5.41) is 4.25. The lowest BCUT2D eigenvalue weighted by atomic mass is 9.89. The van der Waals surface area contributed by atoms with Gasteiger partial charge in [-0.25, -0.2) is 0 Å². The lowest BCUT2D eigenvalue weighted by Crippen LogP contribution is -2.47. The maximum Gasteiger partial charge on any atom is 0.294 e. The van der Waals surface area contributed by atoms with Gasteiger partial charge >= 0.3 is 0 Å². The number of furan rings is 1. The van der Waals surface area contributed by atoms with Crippen molar-refractivity contribution < 1.29 is 9.21 Å². The van der Waals surface area contributed by atoms with E-state index in [1.807, 2.05) is 17.2 Å². The number of benzene rings is 1. The van der Waals surface area contributed by atoms with Gasteiger partial charge in [-0.05, 0) is 66.6 Å². The van der Waals surface area contributed by atoms with Crippen LogP contribution in [0.3, 0.4) is 0 Å². The third-order valence-corrected chi connectivity index (χ3v) is 6.37. The maximum absolute atomic E-state index is 13.5. The van der Waals surface area contributed by atoms with E-state index in [2.05, 4.69) is 58.1 Å². The number of likely N-dealkylation sites (tertiary alicyclic amines) is 1. The van der Waals surface area contributed by atoms with Crippen LogP contribution in [0.25, 0.3) is 0 Å². The summed E-state index contributed by atoms with van der Waals surface area (Å²) in [5.74, 6) is 1.40. The highest BCUT2D eigenvalue weighted by Gasteiger charge is 2.44. The monoisotopic (exact) mass is 454 g/mol. The number of hydrogen-bond acceptors (Lipinski definition) is 4. The summed E-state index contributed by atoms with van der Waals surface area (Å²) in [7, 11) is 2.16. The second-order valence-corrected chi connectivity index (χ2v) is 9.00. The number of likely N-dealkylation sites (N-methyl/N-ethyl adjacent to an activating group) is 1. The Hall–Kier alpha value is -2.38. The van der Waals surface area contributed by atoms with E-state index in [1.165, 1.54) is 11.1 Å². The van der Waals surface area contributed by atoms with Gasteiger partial charge in [-0.1, -0.05) is 17.7 Å². The molecular formula is C22H23BrN4O2. The van der Waals surface area contributed by atoms with Gasteiger partial charge in [0.25, 0.3) is 5.91 Å². The van der Waals surface area contributed by atoms with Gasteiger partial charge in [0.15, 0.2) is 5.76 Å². The molecule has 7 heteroatoms. The van der Waals surface area contributed by atoms with E-state index in [9.17, 15) is 4.79 Å². The fourth-order valence-corrected chi connectivity index (χ4v) is 4.96. The third kappa shape index (κ3) is 3.32. The Balaban J connectivity index is 1.45. The van der Waals surface area contributed by atoms with E-state index < -0.39 is 0 Å². The second-order valence-electron chi connectivity index (χ2n) is 8.08. The lowest BCUT2D eigenvalue weighted by Gasteiger charge is -2.36. The van der Waals surface area contributed by atoms with Gasteiger partial charge in [-0.15, -0.1) is 0 Å². The topological polar surface area (TPSA) is 54.5 Å². The predicted octanol–water partition coefficient (Wildman–Crippen LogP) is 4.04. The molecule has 2 unspecified atom stereocenters. The number of halogens is 1. The first-order chi connectivity index (χ1) is 14.0. The summed E-state index contributed by atoms with van der Waals surface area (Å²) in [4.78, 5) is 17.8. The standard InChI is InChI=1S/C22H23BrN4O2/c1-14-3-5-19-17(9-14)18-13-25(2)8-7-20(18)27(19)22(28)21-6-4-16(29-21)12-26-11-15(23)10-24-26/h3-6,9-11,18,20H,7-8,12-13H2,1-2H3. The predicted molar refractivity (Wildman–Crippen MR) is 114 cm³/mol. The molecule has 0 aliphatic carbocycles. The highest BCUT2D eigenvalue weighted by atomic mass is 79.9. The van der Waals surface area contributed by atoms with Crippen molar-refractivity contribution in [2.24, 2.45) is 0 Å². The van der Waals surface area contributed by atoms with Gasteiger partial charge in [0.2, 0.25) is 0 Å². The van der Waals surface area contributed by atoms with E-state index in [-0.39, 0.29) is 11.9 Å². The SMILES string of the molecule is Cc1ccc2c(c1)C1CN(C)CCC1N2C(=O)c1ccc(Cn2cc(Br)cn2)o1. The summed E-state index contributed by atoms with van der Waals surface area (Å²) in [6.07, 6.45) is 4.58. The highest BCUT2D eigenvalue weighted by Crippen LogP contribution is 2.45. The van der Waals surface area contributed by atoms with Crippen LogP contribution in [0, 0.1) is 6.92 Å². The Labute approximate surface area is 178 Å². The molecule has 1 saturated heterocycles. The summed E-state index contributed by atoms with van der Waals surface area (Å²) in [5.41, 5.74) is 3.54. The van der Waals surface area contributed by atoms with Crippen molar-refractivity contribution in [1.82, 2.24) is 14.7 Å². The van der Waals surface area contributed by atoms with E-state index in [0.717, 1.165) is 29.7 Å². The van der Waals surface area contributed by atoms with Crippen LogP contribution < -0.4 is 4.90 Å². The average Bonchev–Trinajstić information content (AvgIpc) is 3.39. The minimum atomic E-state index is -0.0555. The lowest BCUT2D eigenvalue weighted by molar-refractivity contribution is 0.0935. The molecule has 29 heavy (non-hydrogen) atoms. The number of nitrogens with zero attached hydrogens (tertiary/aromatic N) is 4. The van der Waals surface area contributed by atoms with Crippen molar-refractivity contribution >= 4 is 27.5 Å². The quantitative estimate of drug-likeness (QED) is 0.598. The van der Waals surface area contributed by atoms with Crippen molar-refractivity contribution in [2.75, 3.05) is 25.0 Å². The zero-order valence-corrected chi connectivity index (χ0v) is 18.1. The summed E-state index contributed by atoms with van der Waals surface area (Å²) in [6, 6.07) is 10.2. The number of aryl methyl sites for hydroxylation is 1. The van der Waals surface area contributed by atoms with E-state index >= 15 is 0 Å². The van der Waals surface area contributed by atoms with Gasteiger partial charge in [0.05, 0.1) is 17.2 Å². The van der Waals surface area contributed by atoms with E-state index in [0.29, 0.717) is 24.0 Å². The van der Waals surface area contributed by atoms with Crippen molar-refractivity contribution in [3.05, 3.63) is 69.8 Å². The van der Waals surface area contributed by atoms with Crippen LogP contribution >= 0.6 is 15.9 Å². The number of fused-ring (bicyclic) bond motifs is 3. The Morgan fingerprint density at radius 3 is 2.97 bits per heavy atom. The Kier molecular flexibility index (Phi) is 4.59. The van der Waals surface area contributed by atoms with Crippen LogP contribution in [-0.4, -0.2) is 46.8 Å². The fourth-order valence-electron chi connectivity index (χ4n) is 4.63. The van der Waals surface area contributed by atoms with Crippen LogP contribution in [0.2, 0.25) is 0 Å². The zero-order valence-electron chi connectivity index (χ0n) is 16.5. The molecule has 1 amide bonds. The van der Waals surface area contributed by atoms with Crippen LogP contribution in [0.15, 0.2) is 51.6 Å². The van der Waals surface area contributed by atoms with Gasteiger partial charge in [0.1, 0.15) is 5.76 Å².